The Kier molecular flexibility index (Phi) is 13.0. The van der Waals surface area contributed by atoms with Crippen LogP contribution in [0.3, 0.4) is 0 Å². The fourth-order valence-corrected chi connectivity index (χ4v) is 1.14. The first-order valence-corrected chi connectivity index (χ1v) is 4.47. The molecule has 1 rings (SSSR count). The summed E-state index contributed by atoms with van der Waals surface area (Å²) in [6.45, 7) is 2.22. The number of nitrogens with one attached hydrogen (secondary N) is 2. The Morgan fingerprint density at radius 1 is 1.50 bits per heavy atom. The van der Waals surface area contributed by atoms with Gasteiger partial charge in [0, 0.05) is 58.7 Å². The molecule has 1 aromatic rings. The molecule has 0 aliphatic heterocycles. The van der Waals surface area contributed by atoms with E-state index in [0.29, 0.717) is 18.8 Å². The average molecular weight is 405 g/mol. The summed E-state index contributed by atoms with van der Waals surface area (Å²) >= 11 is 0. The van der Waals surface area contributed by atoms with Crippen LogP contribution in [0.4, 0.5) is 0 Å². The molecule has 0 saturated carbocycles. The monoisotopic (exact) mass is 405 g/mol. The van der Waals surface area contributed by atoms with E-state index < -0.39 is 17.2 Å². The zero-order chi connectivity index (χ0) is 11.4. The van der Waals surface area contributed by atoms with Crippen molar-refractivity contribution in [3.8, 4) is 5.75 Å². The summed E-state index contributed by atoms with van der Waals surface area (Å²) < 4.78 is 0. The Labute approximate surface area is 135 Å². The van der Waals surface area contributed by atoms with Crippen molar-refractivity contribution in [2.24, 2.45) is 5.73 Å². The number of aromatic hydroxyl groups is 1. The van der Waals surface area contributed by atoms with Crippen molar-refractivity contribution in [3.05, 3.63) is 27.7 Å². The van der Waals surface area contributed by atoms with Gasteiger partial charge in [0.25, 0.3) is 11.5 Å². The third kappa shape index (κ3) is 5.85. The maximum Gasteiger partial charge on any atom is 0.291 e. The molecule has 9 heteroatoms. The van der Waals surface area contributed by atoms with Gasteiger partial charge in [-0.1, -0.05) is 0 Å². The predicted molar refractivity (Wildman–Crippen MR) is 62.1 cm³/mol. The Morgan fingerprint density at radius 3 is 2.56 bits per heavy atom. The second-order valence-corrected chi connectivity index (χ2v) is 3.09. The van der Waals surface area contributed by atoms with E-state index in [1.54, 1.807) is 6.92 Å². The second kappa shape index (κ2) is 10.4. The number of amides is 1. The van der Waals surface area contributed by atoms with Crippen LogP contribution < -0.4 is 16.6 Å². The zero-order valence-electron chi connectivity index (χ0n) is 9.69. The average Bonchev–Trinajstić information content (AvgIpc) is 2.19. The van der Waals surface area contributed by atoms with Crippen molar-refractivity contribution in [1.29, 1.82) is 0 Å². The smallest absolute Gasteiger partial charge is 0.291 e. The van der Waals surface area contributed by atoms with Crippen molar-refractivity contribution >= 4 is 5.91 Å². The molecule has 0 spiro atoms. The summed E-state index contributed by atoms with van der Waals surface area (Å²) in [4.78, 5) is 25.0. The SMILES string of the molecule is Cc1cc(C(=O)NCCN)c(O)c(=O)[nH]1.O.O.[Gd]. The van der Waals surface area contributed by atoms with E-state index >= 15 is 0 Å². The molecule has 0 aliphatic rings. The summed E-state index contributed by atoms with van der Waals surface area (Å²) in [5.74, 6) is -1.08. The standard InChI is InChI=1S/C9H13N3O3.Gd.2H2O/c1-5-4-6(7(13)9(15)12-5)8(14)11-3-2-10;;;/h4,13H,2-3,10H2,1H3,(H,11,14)(H,12,15);;2*1H2. The van der Waals surface area contributed by atoms with Gasteiger partial charge in [-0.25, -0.2) is 0 Å². The fourth-order valence-electron chi connectivity index (χ4n) is 1.14. The molecule has 0 aliphatic carbocycles. The Bertz CT molecular complexity index is 435. The number of aryl methyl sites for hydroxylation is 1. The number of aromatic nitrogens is 1. The minimum atomic E-state index is -0.673. The van der Waals surface area contributed by atoms with Crippen molar-refractivity contribution in [3.63, 3.8) is 0 Å². The van der Waals surface area contributed by atoms with E-state index in [0.717, 1.165) is 0 Å². The van der Waals surface area contributed by atoms with Crippen LogP contribution in [-0.4, -0.2) is 40.0 Å². The molecule has 0 fully saturated rings. The van der Waals surface area contributed by atoms with Gasteiger partial charge in [-0.15, -0.1) is 0 Å². The molecular weight excluding hydrogens is 387 g/mol. The Hall–Kier alpha value is -0.575. The molecule has 106 valence electrons. The number of rotatable bonds is 3. The minimum absolute atomic E-state index is 0. The van der Waals surface area contributed by atoms with E-state index in [1.165, 1.54) is 6.07 Å². The van der Waals surface area contributed by atoms with Crippen molar-refractivity contribution in [2.45, 2.75) is 6.92 Å². The van der Waals surface area contributed by atoms with Gasteiger partial charge in [0.15, 0.2) is 5.75 Å². The van der Waals surface area contributed by atoms with Gasteiger partial charge in [-0.05, 0) is 13.0 Å². The molecule has 0 atom stereocenters. The topological polar surface area (TPSA) is 171 Å². The zero-order valence-corrected chi connectivity index (χ0v) is 12.0. The molecule has 0 unspecified atom stereocenters. The van der Waals surface area contributed by atoms with E-state index in [2.05, 4.69) is 10.3 Å². The molecule has 9 N–H and O–H groups in total. The third-order valence-corrected chi connectivity index (χ3v) is 1.82. The van der Waals surface area contributed by atoms with E-state index in [9.17, 15) is 14.7 Å². The van der Waals surface area contributed by atoms with E-state index in [1.807, 2.05) is 0 Å². The number of aromatic amines is 1. The van der Waals surface area contributed by atoms with Crippen LogP contribution in [0.1, 0.15) is 16.1 Å². The van der Waals surface area contributed by atoms with E-state index in [4.69, 9.17) is 5.73 Å². The summed E-state index contributed by atoms with van der Waals surface area (Å²) in [6.07, 6.45) is 0. The van der Waals surface area contributed by atoms with Gasteiger partial charge in [0.2, 0.25) is 0 Å². The van der Waals surface area contributed by atoms with Gasteiger partial charge >= 0.3 is 0 Å². The molecule has 0 aromatic carbocycles. The molecule has 0 radical (unpaired) electrons. The molecule has 1 heterocycles. The summed E-state index contributed by atoms with van der Waals surface area (Å²) in [6, 6.07) is 1.41. The Balaban J connectivity index is -0.000000750. The van der Waals surface area contributed by atoms with E-state index in [-0.39, 0.29) is 56.5 Å². The van der Waals surface area contributed by atoms with Crippen molar-refractivity contribution in [2.75, 3.05) is 13.1 Å². The molecule has 1 aromatic heterocycles. The number of pyridine rings is 1. The number of carbonyl (C=O) groups excluding carboxylic acids is 1. The number of hydrogen-bond donors (Lipinski definition) is 4. The molecule has 18 heavy (non-hydrogen) atoms. The maximum atomic E-state index is 11.4. The van der Waals surface area contributed by atoms with Crippen LogP contribution in [0.2, 0.25) is 0 Å². The predicted octanol–water partition coefficient (Wildman–Crippen LogP) is -2.57. The van der Waals surface area contributed by atoms with Crippen LogP contribution in [0.5, 0.6) is 5.75 Å². The first-order valence-electron chi connectivity index (χ1n) is 4.47. The minimum Gasteiger partial charge on any atom is -0.502 e. The Morgan fingerprint density at radius 2 is 2.06 bits per heavy atom. The summed E-state index contributed by atoms with van der Waals surface area (Å²) in [7, 11) is 0. The van der Waals surface area contributed by atoms with Crippen LogP contribution >= 0.6 is 0 Å². The van der Waals surface area contributed by atoms with Crippen LogP contribution in [-0.2, 0) is 0 Å². The maximum absolute atomic E-state index is 11.4. The third-order valence-electron chi connectivity index (χ3n) is 1.82. The van der Waals surface area contributed by atoms with Gasteiger partial charge < -0.3 is 32.1 Å². The quantitative estimate of drug-likeness (QED) is 0.434. The molecule has 8 nitrogen and oxygen atoms in total. The molecule has 1 amide bonds. The largest absolute Gasteiger partial charge is 0.502 e. The molecular formula is C9H17GdN3O5. The first kappa shape index (κ1) is 22.6. The normalized spacial score (nSPS) is 8.33. The van der Waals surface area contributed by atoms with Gasteiger partial charge in [-0.3, -0.25) is 9.59 Å². The van der Waals surface area contributed by atoms with Crippen LogP contribution in [0, 0.1) is 46.9 Å². The fraction of sp³-hybridized carbons (Fsp3) is 0.333. The van der Waals surface area contributed by atoms with Crippen molar-refractivity contribution < 1.29 is 60.8 Å². The number of carbonyl (C=O) groups is 1. The van der Waals surface area contributed by atoms with Gasteiger partial charge in [0.1, 0.15) is 0 Å². The number of nitrogens with two attached hydrogens (primary N) is 1. The van der Waals surface area contributed by atoms with Gasteiger partial charge in [0.05, 0.1) is 5.56 Å². The number of H-pyrrole nitrogens is 1. The first-order chi connectivity index (χ1) is 7.06. The summed E-state index contributed by atoms with van der Waals surface area (Å²) in [5, 5.41) is 11.8. The molecule has 0 bridgehead atoms. The molecule has 0 saturated heterocycles. The number of hydrogen-bond acceptors (Lipinski definition) is 4. The summed E-state index contributed by atoms with van der Waals surface area (Å²) in [5.41, 5.74) is 5.01. The second-order valence-electron chi connectivity index (χ2n) is 3.09. The van der Waals surface area contributed by atoms with Gasteiger partial charge in [-0.2, -0.15) is 0 Å². The van der Waals surface area contributed by atoms with Crippen LogP contribution in [0.25, 0.3) is 0 Å². The van der Waals surface area contributed by atoms with Crippen molar-refractivity contribution in [1.82, 2.24) is 10.3 Å². The van der Waals surface area contributed by atoms with Crippen LogP contribution in [0.15, 0.2) is 10.9 Å².